The van der Waals surface area contributed by atoms with Crippen LogP contribution in [0.15, 0.2) is 42.6 Å². The van der Waals surface area contributed by atoms with Gasteiger partial charge < -0.3 is 20.1 Å². The van der Waals surface area contributed by atoms with Crippen molar-refractivity contribution in [2.45, 2.75) is 25.6 Å². The summed E-state index contributed by atoms with van der Waals surface area (Å²) in [6, 6.07) is 8.89. The third-order valence-electron chi connectivity index (χ3n) is 3.90. The van der Waals surface area contributed by atoms with Gasteiger partial charge in [0.2, 0.25) is 11.8 Å². The predicted molar refractivity (Wildman–Crippen MR) is 89.8 cm³/mol. The number of benzene rings is 1. The number of hydrogen-bond acceptors (Lipinski definition) is 5. The summed E-state index contributed by atoms with van der Waals surface area (Å²) < 4.78 is 23.9. The van der Waals surface area contributed by atoms with Crippen molar-refractivity contribution >= 4 is 5.91 Å². The number of rotatable bonds is 5. The minimum absolute atomic E-state index is 0.0983. The molecule has 0 unspecified atom stereocenters. The van der Waals surface area contributed by atoms with E-state index in [9.17, 15) is 9.18 Å². The molecule has 1 aromatic heterocycles. The first-order valence-electron chi connectivity index (χ1n) is 8.13. The number of carbonyl (C=O) groups excluding carboxylic acids is 1. The number of morpholine rings is 1. The van der Waals surface area contributed by atoms with Gasteiger partial charge in [0.1, 0.15) is 17.6 Å². The molecular formula is C18H20FN3O3. The quantitative estimate of drug-likeness (QED) is 0.867. The molecule has 0 saturated carbocycles. The molecule has 2 N–H and O–H groups in total. The normalized spacial score (nSPS) is 20.1. The van der Waals surface area contributed by atoms with Crippen LogP contribution in [0.4, 0.5) is 4.39 Å². The van der Waals surface area contributed by atoms with Crippen LogP contribution in [0.3, 0.4) is 0 Å². The zero-order valence-electron chi connectivity index (χ0n) is 13.9. The molecule has 0 spiro atoms. The molecule has 0 bridgehead atoms. The van der Waals surface area contributed by atoms with Crippen LogP contribution < -0.4 is 15.4 Å². The Bertz CT molecular complexity index is 707. The van der Waals surface area contributed by atoms with Gasteiger partial charge in [0.05, 0.1) is 12.7 Å². The summed E-state index contributed by atoms with van der Waals surface area (Å²) in [4.78, 5) is 16.4. The number of halogens is 1. The topological polar surface area (TPSA) is 72.5 Å². The highest BCUT2D eigenvalue weighted by Gasteiger charge is 2.27. The van der Waals surface area contributed by atoms with Gasteiger partial charge in [-0.2, -0.15) is 0 Å². The maximum absolute atomic E-state index is 12.9. The summed E-state index contributed by atoms with van der Waals surface area (Å²) in [5.74, 6) is 0.488. The molecule has 2 aromatic rings. The van der Waals surface area contributed by atoms with E-state index in [0.717, 1.165) is 5.56 Å². The number of carbonyl (C=O) groups is 1. The molecule has 2 heterocycles. The molecule has 1 aliphatic rings. The first kappa shape index (κ1) is 17.3. The predicted octanol–water partition coefficient (Wildman–Crippen LogP) is 2.01. The summed E-state index contributed by atoms with van der Waals surface area (Å²) in [7, 11) is 0. The van der Waals surface area contributed by atoms with Gasteiger partial charge in [-0.3, -0.25) is 4.79 Å². The van der Waals surface area contributed by atoms with Crippen LogP contribution in [0.25, 0.3) is 0 Å². The maximum atomic E-state index is 12.9. The molecule has 1 aromatic carbocycles. The first-order valence-corrected chi connectivity index (χ1v) is 8.13. The van der Waals surface area contributed by atoms with Crippen LogP contribution in [0.1, 0.15) is 12.5 Å². The molecular weight excluding hydrogens is 325 g/mol. The molecule has 1 fully saturated rings. The SMILES string of the molecule is C[C@H]1OCCN[C@@H]1C(=O)NCc1ccc(Oc2ccc(F)cc2)nc1. The van der Waals surface area contributed by atoms with Crippen molar-refractivity contribution in [1.82, 2.24) is 15.6 Å². The van der Waals surface area contributed by atoms with Crippen molar-refractivity contribution < 1.29 is 18.7 Å². The summed E-state index contributed by atoms with van der Waals surface area (Å²) >= 11 is 0. The van der Waals surface area contributed by atoms with Crippen molar-refractivity contribution in [2.75, 3.05) is 13.2 Å². The average Bonchev–Trinajstić information content (AvgIpc) is 2.63. The Morgan fingerprint density at radius 2 is 2.16 bits per heavy atom. The van der Waals surface area contributed by atoms with Gasteiger partial charge in [-0.15, -0.1) is 0 Å². The minimum atomic E-state index is -0.345. The molecule has 132 valence electrons. The van der Waals surface area contributed by atoms with Gasteiger partial charge in [0, 0.05) is 25.4 Å². The molecule has 25 heavy (non-hydrogen) atoms. The Hall–Kier alpha value is -2.51. The fourth-order valence-corrected chi connectivity index (χ4v) is 2.53. The van der Waals surface area contributed by atoms with Gasteiger partial charge >= 0.3 is 0 Å². The summed E-state index contributed by atoms with van der Waals surface area (Å²) in [6.07, 6.45) is 1.48. The van der Waals surface area contributed by atoms with Crippen LogP contribution in [0.2, 0.25) is 0 Å². The fourth-order valence-electron chi connectivity index (χ4n) is 2.53. The van der Waals surface area contributed by atoms with E-state index in [0.29, 0.717) is 31.3 Å². The Balaban J connectivity index is 1.52. The number of ether oxygens (including phenoxy) is 2. The molecule has 1 amide bonds. The first-order chi connectivity index (χ1) is 12.1. The highest BCUT2D eigenvalue weighted by molar-refractivity contribution is 5.82. The van der Waals surface area contributed by atoms with E-state index >= 15 is 0 Å². The highest BCUT2D eigenvalue weighted by atomic mass is 19.1. The van der Waals surface area contributed by atoms with Gasteiger partial charge in [0.15, 0.2) is 0 Å². The van der Waals surface area contributed by atoms with E-state index in [-0.39, 0.29) is 23.9 Å². The number of aromatic nitrogens is 1. The Morgan fingerprint density at radius 1 is 1.36 bits per heavy atom. The van der Waals surface area contributed by atoms with Crippen LogP contribution in [-0.2, 0) is 16.1 Å². The molecule has 1 saturated heterocycles. The Kier molecular flexibility index (Phi) is 5.57. The van der Waals surface area contributed by atoms with E-state index in [2.05, 4.69) is 15.6 Å². The van der Waals surface area contributed by atoms with Crippen molar-refractivity contribution in [3.05, 3.63) is 54.0 Å². The van der Waals surface area contributed by atoms with Gasteiger partial charge in [-0.25, -0.2) is 9.37 Å². The molecule has 1 aliphatic heterocycles. The molecule has 0 aliphatic carbocycles. The average molecular weight is 345 g/mol. The summed E-state index contributed by atoms with van der Waals surface area (Å²) in [5.41, 5.74) is 0.851. The van der Waals surface area contributed by atoms with Crippen LogP contribution >= 0.6 is 0 Å². The molecule has 0 radical (unpaired) electrons. The molecule has 3 rings (SSSR count). The van der Waals surface area contributed by atoms with Gasteiger partial charge in [-0.05, 0) is 36.8 Å². The molecule has 2 atom stereocenters. The number of nitrogens with zero attached hydrogens (tertiary/aromatic N) is 1. The van der Waals surface area contributed by atoms with Crippen molar-refractivity contribution in [2.24, 2.45) is 0 Å². The Labute approximate surface area is 145 Å². The second kappa shape index (κ2) is 8.04. The van der Waals surface area contributed by atoms with E-state index in [1.807, 2.05) is 13.0 Å². The molecule has 6 nitrogen and oxygen atoms in total. The second-order valence-electron chi connectivity index (χ2n) is 5.79. The van der Waals surface area contributed by atoms with Crippen molar-refractivity contribution in [3.8, 4) is 11.6 Å². The number of nitrogens with one attached hydrogen (secondary N) is 2. The van der Waals surface area contributed by atoms with Gasteiger partial charge in [0.25, 0.3) is 0 Å². The molecule has 7 heteroatoms. The lowest BCUT2D eigenvalue weighted by Gasteiger charge is -2.29. The summed E-state index contributed by atoms with van der Waals surface area (Å²) in [6.45, 7) is 3.52. The van der Waals surface area contributed by atoms with E-state index in [1.165, 1.54) is 24.3 Å². The summed E-state index contributed by atoms with van der Waals surface area (Å²) in [5, 5.41) is 6.02. The van der Waals surface area contributed by atoms with E-state index in [1.54, 1.807) is 12.3 Å². The van der Waals surface area contributed by atoms with Gasteiger partial charge in [-0.1, -0.05) is 6.07 Å². The number of pyridine rings is 1. The largest absolute Gasteiger partial charge is 0.439 e. The zero-order chi connectivity index (χ0) is 17.6. The number of hydrogen-bond donors (Lipinski definition) is 2. The maximum Gasteiger partial charge on any atom is 0.240 e. The minimum Gasteiger partial charge on any atom is -0.439 e. The second-order valence-corrected chi connectivity index (χ2v) is 5.79. The third-order valence-corrected chi connectivity index (χ3v) is 3.90. The third kappa shape index (κ3) is 4.74. The lowest BCUT2D eigenvalue weighted by molar-refractivity contribution is -0.129. The van der Waals surface area contributed by atoms with Crippen molar-refractivity contribution in [3.63, 3.8) is 0 Å². The Morgan fingerprint density at radius 3 is 2.84 bits per heavy atom. The highest BCUT2D eigenvalue weighted by Crippen LogP contribution is 2.19. The van der Waals surface area contributed by atoms with Crippen LogP contribution in [0, 0.1) is 5.82 Å². The zero-order valence-corrected chi connectivity index (χ0v) is 13.9. The van der Waals surface area contributed by atoms with Crippen LogP contribution in [0.5, 0.6) is 11.6 Å². The van der Waals surface area contributed by atoms with Crippen LogP contribution in [-0.4, -0.2) is 36.2 Å². The van der Waals surface area contributed by atoms with E-state index < -0.39 is 0 Å². The lowest BCUT2D eigenvalue weighted by atomic mass is 10.1. The smallest absolute Gasteiger partial charge is 0.240 e. The fraction of sp³-hybridized carbons (Fsp3) is 0.333. The van der Waals surface area contributed by atoms with Crippen molar-refractivity contribution in [1.29, 1.82) is 0 Å². The van der Waals surface area contributed by atoms with E-state index in [4.69, 9.17) is 9.47 Å². The standard InChI is InChI=1S/C18H20FN3O3/c1-12-17(20-8-9-24-12)18(23)22-11-13-2-7-16(21-10-13)25-15-5-3-14(19)4-6-15/h2-7,10,12,17,20H,8-9,11H2,1H3,(H,22,23)/t12-,17+/m1/s1. The lowest BCUT2D eigenvalue weighted by Crippen LogP contribution is -2.55. The number of amides is 1. The monoisotopic (exact) mass is 345 g/mol.